The Morgan fingerprint density at radius 1 is 1.14 bits per heavy atom. The normalized spacial score (nSPS) is 20.5. The van der Waals surface area contributed by atoms with E-state index in [1.807, 2.05) is 49.4 Å². The van der Waals surface area contributed by atoms with E-state index in [4.69, 9.17) is 9.47 Å². The first kappa shape index (κ1) is 15.8. The highest BCUT2D eigenvalue weighted by Gasteiger charge is 2.33. The van der Waals surface area contributed by atoms with Crippen LogP contribution < -0.4 is 0 Å². The summed E-state index contributed by atoms with van der Waals surface area (Å²) in [5.74, 6) is 0. The summed E-state index contributed by atoms with van der Waals surface area (Å²) in [5.41, 5.74) is 2.95. The average Bonchev–Trinajstić information content (AvgIpc) is 2.52. The minimum atomic E-state index is -0.735. The van der Waals surface area contributed by atoms with Crippen molar-refractivity contribution >= 4 is 18.3 Å². The predicted octanol–water partition coefficient (Wildman–Crippen LogP) is 3.93. The van der Waals surface area contributed by atoms with Gasteiger partial charge in [0.1, 0.15) is 0 Å². The zero-order valence-electron chi connectivity index (χ0n) is 12.9. The number of hydrogen-bond acceptors (Lipinski definition) is 4. The summed E-state index contributed by atoms with van der Waals surface area (Å²) in [5, 5.41) is 0. The lowest BCUT2D eigenvalue weighted by atomic mass is 9.93. The number of imide groups is 1. The van der Waals surface area contributed by atoms with Crippen LogP contribution in [0.4, 0.5) is 9.59 Å². The van der Waals surface area contributed by atoms with Gasteiger partial charge in [-0.15, -0.1) is 0 Å². The third-order valence-electron chi connectivity index (χ3n) is 3.53. The van der Waals surface area contributed by atoms with E-state index >= 15 is 0 Å². The molecule has 0 fully saturated rings. The van der Waals surface area contributed by atoms with Gasteiger partial charge in [-0.2, -0.15) is 0 Å². The largest absolute Gasteiger partial charge is 0.452 e. The third kappa shape index (κ3) is 3.19. The van der Waals surface area contributed by atoms with Crippen molar-refractivity contribution in [2.75, 3.05) is 14.2 Å². The summed E-state index contributed by atoms with van der Waals surface area (Å²) in [6.07, 6.45) is 4.95. The molecule has 0 heterocycles. The molecular weight excluding hydrogens is 282 g/mol. The standard InChI is InChI=1S/C17H19NO4/c1-12-7-6-10-15(14-9-5-4-8-13(14)11-12)18(16(19)21-2)17(20)22-3/h4-9,11,15H,10H2,1-3H3/b7-6-,12-11-. The first-order valence-electron chi connectivity index (χ1n) is 6.97. The molecule has 0 aliphatic heterocycles. The lowest BCUT2D eigenvalue weighted by molar-refractivity contribution is 0.0830. The van der Waals surface area contributed by atoms with Crippen LogP contribution in [-0.4, -0.2) is 31.3 Å². The summed E-state index contributed by atoms with van der Waals surface area (Å²) in [7, 11) is 2.49. The lowest BCUT2D eigenvalue weighted by Gasteiger charge is -2.29. The number of carbonyl (C=O) groups is 2. The molecule has 1 aromatic rings. The fourth-order valence-electron chi connectivity index (χ4n) is 2.52. The molecule has 0 saturated carbocycles. The summed E-state index contributed by atoms with van der Waals surface area (Å²) >= 11 is 0. The zero-order valence-corrected chi connectivity index (χ0v) is 12.9. The second-order valence-corrected chi connectivity index (χ2v) is 4.98. The molecule has 1 unspecified atom stereocenters. The van der Waals surface area contributed by atoms with E-state index in [0.717, 1.165) is 21.6 Å². The first-order chi connectivity index (χ1) is 10.6. The van der Waals surface area contributed by atoms with Gasteiger partial charge in [-0.05, 0) is 24.5 Å². The van der Waals surface area contributed by atoms with E-state index in [1.54, 1.807) is 0 Å². The molecule has 0 radical (unpaired) electrons. The van der Waals surface area contributed by atoms with Crippen molar-refractivity contribution in [3.63, 3.8) is 0 Å². The number of nitrogens with zero attached hydrogens (tertiary/aromatic N) is 1. The number of hydrogen-bond donors (Lipinski definition) is 0. The molecule has 0 bridgehead atoms. The topological polar surface area (TPSA) is 55.8 Å². The molecule has 1 aliphatic carbocycles. The van der Waals surface area contributed by atoms with Crippen LogP contribution in [0.15, 0.2) is 42.0 Å². The summed E-state index contributed by atoms with van der Waals surface area (Å²) in [4.78, 5) is 25.1. The number of rotatable bonds is 1. The number of fused-ring (bicyclic) bond motifs is 1. The monoisotopic (exact) mass is 301 g/mol. The van der Waals surface area contributed by atoms with Gasteiger partial charge in [0.15, 0.2) is 0 Å². The fraction of sp³-hybridized carbons (Fsp3) is 0.294. The van der Waals surface area contributed by atoms with Crippen molar-refractivity contribution in [3.05, 3.63) is 53.1 Å². The molecule has 2 amide bonds. The molecule has 1 atom stereocenters. The molecular formula is C17H19NO4. The predicted molar refractivity (Wildman–Crippen MR) is 83.2 cm³/mol. The summed E-state index contributed by atoms with van der Waals surface area (Å²) in [6.45, 7) is 2.01. The molecule has 2 rings (SSSR count). The van der Waals surface area contributed by atoms with Crippen molar-refractivity contribution in [2.45, 2.75) is 19.4 Å². The molecule has 1 aliphatic rings. The highest BCUT2D eigenvalue weighted by molar-refractivity contribution is 5.88. The van der Waals surface area contributed by atoms with Crippen LogP contribution >= 0.6 is 0 Å². The van der Waals surface area contributed by atoms with Crippen LogP contribution in [0.5, 0.6) is 0 Å². The van der Waals surface area contributed by atoms with Crippen molar-refractivity contribution in [1.82, 2.24) is 4.90 Å². The summed E-state index contributed by atoms with van der Waals surface area (Å²) in [6, 6.07) is 7.19. The van der Waals surface area contributed by atoms with Gasteiger partial charge in [0, 0.05) is 0 Å². The zero-order chi connectivity index (χ0) is 16.1. The number of allylic oxidation sites excluding steroid dienone is 2. The van der Waals surface area contributed by atoms with Gasteiger partial charge >= 0.3 is 12.2 Å². The van der Waals surface area contributed by atoms with Crippen LogP contribution in [0.3, 0.4) is 0 Å². The van der Waals surface area contributed by atoms with E-state index in [2.05, 4.69) is 0 Å². The quantitative estimate of drug-likeness (QED) is 0.788. The first-order valence-corrected chi connectivity index (χ1v) is 6.97. The molecule has 0 aromatic heterocycles. The number of benzene rings is 1. The lowest BCUT2D eigenvalue weighted by Crippen LogP contribution is -2.40. The van der Waals surface area contributed by atoms with Gasteiger partial charge in [0.25, 0.3) is 0 Å². The van der Waals surface area contributed by atoms with Crippen molar-refractivity contribution in [3.8, 4) is 0 Å². The van der Waals surface area contributed by atoms with Crippen LogP contribution in [0, 0.1) is 0 Å². The number of methoxy groups -OCH3 is 2. The SMILES string of the molecule is COC(=O)N(C(=O)OC)C1C/C=C\C(C)=C/c2ccccc21. The third-order valence-corrected chi connectivity index (χ3v) is 3.53. The van der Waals surface area contributed by atoms with Gasteiger partial charge in [-0.25, -0.2) is 14.5 Å². The molecule has 5 nitrogen and oxygen atoms in total. The van der Waals surface area contributed by atoms with Crippen molar-refractivity contribution in [1.29, 1.82) is 0 Å². The molecule has 1 aromatic carbocycles. The number of carbonyl (C=O) groups excluding carboxylic acids is 2. The van der Waals surface area contributed by atoms with Crippen LogP contribution in [-0.2, 0) is 9.47 Å². The smallest absolute Gasteiger partial charge is 0.419 e. The second kappa shape index (κ2) is 6.93. The second-order valence-electron chi connectivity index (χ2n) is 4.98. The van der Waals surface area contributed by atoms with Crippen molar-refractivity contribution in [2.24, 2.45) is 0 Å². The molecule has 22 heavy (non-hydrogen) atoms. The maximum absolute atomic E-state index is 12.0. The van der Waals surface area contributed by atoms with E-state index in [-0.39, 0.29) is 0 Å². The average molecular weight is 301 g/mol. The van der Waals surface area contributed by atoms with E-state index in [0.29, 0.717) is 6.42 Å². The van der Waals surface area contributed by atoms with Gasteiger partial charge in [0.05, 0.1) is 20.3 Å². The van der Waals surface area contributed by atoms with E-state index < -0.39 is 18.2 Å². The Morgan fingerprint density at radius 2 is 1.77 bits per heavy atom. The van der Waals surface area contributed by atoms with Gasteiger partial charge in [-0.3, -0.25) is 0 Å². The molecule has 116 valence electrons. The van der Waals surface area contributed by atoms with Crippen molar-refractivity contribution < 1.29 is 19.1 Å². The number of amides is 2. The molecule has 0 spiro atoms. The Labute approximate surface area is 129 Å². The fourth-order valence-corrected chi connectivity index (χ4v) is 2.52. The Hall–Kier alpha value is -2.56. The van der Waals surface area contributed by atoms with Gasteiger partial charge in [-0.1, -0.05) is 48.1 Å². The van der Waals surface area contributed by atoms with Crippen LogP contribution in [0.25, 0.3) is 6.08 Å². The Balaban J connectivity index is 2.54. The van der Waals surface area contributed by atoms with E-state index in [1.165, 1.54) is 14.2 Å². The Kier molecular flexibility index (Phi) is 4.99. The number of ether oxygens (including phenoxy) is 2. The van der Waals surface area contributed by atoms with E-state index in [9.17, 15) is 9.59 Å². The summed E-state index contributed by atoms with van der Waals surface area (Å²) < 4.78 is 9.49. The van der Waals surface area contributed by atoms with Gasteiger partial charge < -0.3 is 9.47 Å². The minimum absolute atomic E-state index is 0.475. The molecule has 0 N–H and O–H groups in total. The highest BCUT2D eigenvalue weighted by atomic mass is 16.6. The molecule has 5 heteroatoms. The maximum Gasteiger partial charge on any atom is 0.419 e. The Morgan fingerprint density at radius 3 is 2.41 bits per heavy atom. The maximum atomic E-state index is 12.0. The van der Waals surface area contributed by atoms with Gasteiger partial charge in [0.2, 0.25) is 0 Å². The van der Waals surface area contributed by atoms with Crippen LogP contribution in [0.2, 0.25) is 0 Å². The highest BCUT2D eigenvalue weighted by Crippen LogP contribution is 2.32. The van der Waals surface area contributed by atoms with Crippen LogP contribution in [0.1, 0.15) is 30.5 Å². The Bertz CT molecular complexity index is 617. The minimum Gasteiger partial charge on any atom is -0.452 e. The molecule has 0 saturated heterocycles.